The predicted octanol–water partition coefficient (Wildman–Crippen LogP) is 2.36. The van der Waals surface area contributed by atoms with Crippen molar-refractivity contribution in [3.8, 4) is 0 Å². The molecule has 1 rings (SSSR count). The third-order valence-electron chi connectivity index (χ3n) is 1.77. The van der Waals surface area contributed by atoms with Crippen molar-refractivity contribution in [3.05, 3.63) is 34.6 Å². The summed E-state index contributed by atoms with van der Waals surface area (Å²) in [6.45, 7) is 0. The summed E-state index contributed by atoms with van der Waals surface area (Å²) < 4.78 is 49.9. The molecule has 0 bridgehead atoms. The second-order valence-electron chi connectivity index (χ2n) is 2.85. The van der Waals surface area contributed by atoms with Gasteiger partial charge in [-0.1, -0.05) is 0 Å². The Kier molecular flexibility index (Phi) is 2.97. The Morgan fingerprint density at radius 1 is 1.31 bits per heavy atom. The number of aromatic carboxylic acids is 1. The molecule has 0 aliphatic heterocycles. The highest BCUT2D eigenvalue weighted by Crippen LogP contribution is 2.33. The summed E-state index contributed by atoms with van der Waals surface area (Å²) >= 11 is 0. The van der Waals surface area contributed by atoms with Crippen molar-refractivity contribution in [1.82, 2.24) is 0 Å². The fraction of sp³-hybridized carbons (Fsp3) is 0.111. The number of aldehydes is 1. The minimum absolute atomic E-state index is 0.0150. The molecule has 16 heavy (non-hydrogen) atoms. The van der Waals surface area contributed by atoms with Gasteiger partial charge in [-0.3, -0.25) is 4.79 Å². The molecular weight excluding hydrogens is 232 g/mol. The average molecular weight is 236 g/mol. The highest BCUT2D eigenvalue weighted by Gasteiger charge is 2.36. The van der Waals surface area contributed by atoms with E-state index in [2.05, 4.69) is 0 Å². The van der Waals surface area contributed by atoms with E-state index in [9.17, 15) is 27.2 Å². The summed E-state index contributed by atoms with van der Waals surface area (Å²) in [5.41, 5.74) is -3.50. The number of hydrogen-bond donors (Lipinski definition) is 1. The maximum atomic E-state index is 13.1. The Bertz CT molecular complexity index is 451. The van der Waals surface area contributed by atoms with E-state index in [-0.39, 0.29) is 12.4 Å². The van der Waals surface area contributed by atoms with E-state index in [0.717, 1.165) is 0 Å². The Balaban J connectivity index is 3.56. The topological polar surface area (TPSA) is 54.4 Å². The van der Waals surface area contributed by atoms with E-state index in [1.807, 2.05) is 0 Å². The fourth-order valence-corrected chi connectivity index (χ4v) is 1.08. The van der Waals surface area contributed by atoms with Gasteiger partial charge in [-0.05, 0) is 12.1 Å². The monoisotopic (exact) mass is 236 g/mol. The van der Waals surface area contributed by atoms with Crippen molar-refractivity contribution in [2.24, 2.45) is 0 Å². The lowest BCUT2D eigenvalue weighted by Crippen LogP contribution is -2.13. The minimum Gasteiger partial charge on any atom is -0.478 e. The Morgan fingerprint density at radius 3 is 2.25 bits per heavy atom. The Labute approximate surface area is 86.3 Å². The van der Waals surface area contributed by atoms with Crippen molar-refractivity contribution in [1.29, 1.82) is 0 Å². The molecule has 0 radical (unpaired) electrons. The first-order valence-corrected chi connectivity index (χ1v) is 3.86. The highest BCUT2D eigenvalue weighted by molar-refractivity contribution is 5.91. The van der Waals surface area contributed by atoms with Gasteiger partial charge < -0.3 is 5.11 Å². The first kappa shape index (κ1) is 12.2. The molecule has 0 aromatic heterocycles. The SMILES string of the molecule is O=Cc1cc(C(=O)O)c(F)c(C(F)(F)F)c1. The van der Waals surface area contributed by atoms with Gasteiger partial charge in [0.1, 0.15) is 12.1 Å². The summed E-state index contributed by atoms with van der Waals surface area (Å²) in [5.74, 6) is -3.77. The van der Waals surface area contributed by atoms with E-state index in [0.29, 0.717) is 6.07 Å². The lowest BCUT2D eigenvalue weighted by molar-refractivity contribution is -0.140. The van der Waals surface area contributed by atoms with E-state index in [4.69, 9.17) is 5.11 Å². The van der Waals surface area contributed by atoms with Crippen LogP contribution in [-0.2, 0) is 6.18 Å². The van der Waals surface area contributed by atoms with Crippen LogP contribution in [-0.4, -0.2) is 17.4 Å². The molecule has 0 heterocycles. The standard InChI is InChI=1S/C9H4F4O3/c10-7-5(8(15)16)1-4(3-14)2-6(7)9(11,12)13/h1-3H,(H,15,16). The molecule has 0 spiro atoms. The average Bonchev–Trinajstić information content (AvgIpc) is 2.15. The summed E-state index contributed by atoms with van der Waals surface area (Å²) in [7, 11) is 0. The van der Waals surface area contributed by atoms with Crippen molar-refractivity contribution < 1.29 is 32.3 Å². The molecule has 0 fully saturated rings. The summed E-state index contributed by atoms with van der Waals surface area (Å²) in [6.07, 6.45) is -5.03. The lowest BCUT2D eigenvalue weighted by Gasteiger charge is -2.10. The zero-order chi connectivity index (χ0) is 12.5. The molecule has 0 aliphatic rings. The number of carbonyl (C=O) groups excluding carboxylic acids is 1. The van der Waals surface area contributed by atoms with Crippen LogP contribution < -0.4 is 0 Å². The van der Waals surface area contributed by atoms with Gasteiger partial charge in [-0.15, -0.1) is 0 Å². The molecule has 1 aromatic carbocycles. The third kappa shape index (κ3) is 2.18. The zero-order valence-corrected chi connectivity index (χ0v) is 7.51. The largest absolute Gasteiger partial charge is 0.478 e. The predicted molar refractivity (Wildman–Crippen MR) is 43.7 cm³/mol. The molecular formula is C9H4F4O3. The normalized spacial score (nSPS) is 11.2. The molecule has 7 heteroatoms. The minimum atomic E-state index is -5.05. The molecule has 1 N–H and O–H groups in total. The summed E-state index contributed by atoms with van der Waals surface area (Å²) in [4.78, 5) is 20.7. The van der Waals surface area contributed by atoms with Gasteiger partial charge in [0.2, 0.25) is 0 Å². The second-order valence-corrected chi connectivity index (χ2v) is 2.85. The van der Waals surface area contributed by atoms with Crippen LogP contribution >= 0.6 is 0 Å². The van der Waals surface area contributed by atoms with Crippen LogP contribution in [0.25, 0.3) is 0 Å². The van der Waals surface area contributed by atoms with Gasteiger partial charge in [0.05, 0.1) is 11.1 Å². The number of halogens is 4. The van der Waals surface area contributed by atoms with Gasteiger partial charge in [0, 0.05) is 5.56 Å². The van der Waals surface area contributed by atoms with E-state index < -0.39 is 34.7 Å². The Hall–Kier alpha value is -1.92. The van der Waals surface area contributed by atoms with E-state index >= 15 is 0 Å². The van der Waals surface area contributed by atoms with Crippen LogP contribution in [0.5, 0.6) is 0 Å². The molecule has 0 amide bonds. The number of benzene rings is 1. The zero-order valence-electron chi connectivity index (χ0n) is 7.51. The highest BCUT2D eigenvalue weighted by atomic mass is 19.4. The van der Waals surface area contributed by atoms with Crippen LogP contribution in [0.4, 0.5) is 17.6 Å². The maximum absolute atomic E-state index is 13.1. The Morgan fingerprint density at radius 2 is 1.88 bits per heavy atom. The van der Waals surface area contributed by atoms with Crippen LogP contribution in [0.15, 0.2) is 12.1 Å². The lowest BCUT2D eigenvalue weighted by atomic mass is 10.0. The number of alkyl halides is 3. The number of carbonyl (C=O) groups is 2. The molecule has 0 atom stereocenters. The summed E-state index contributed by atoms with van der Waals surface area (Å²) in [5, 5.41) is 8.45. The molecule has 0 saturated carbocycles. The molecule has 0 saturated heterocycles. The third-order valence-corrected chi connectivity index (χ3v) is 1.77. The maximum Gasteiger partial charge on any atom is 0.419 e. The number of carboxylic acid groups (broad SMARTS) is 1. The van der Waals surface area contributed by atoms with Crippen molar-refractivity contribution in [3.63, 3.8) is 0 Å². The molecule has 3 nitrogen and oxygen atoms in total. The first-order chi connectivity index (χ1) is 7.27. The van der Waals surface area contributed by atoms with Gasteiger partial charge >= 0.3 is 12.1 Å². The van der Waals surface area contributed by atoms with Gasteiger partial charge in [-0.25, -0.2) is 9.18 Å². The van der Waals surface area contributed by atoms with Crippen LogP contribution in [0.3, 0.4) is 0 Å². The van der Waals surface area contributed by atoms with Crippen LogP contribution in [0.1, 0.15) is 26.3 Å². The summed E-state index contributed by atoms with van der Waals surface area (Å²) in [6, 6.07) is 0.800. The number of hydrogen-bond acceptors (Lipinski definition) is 2. The molecule has 1 aromatic rings. The van der Waals surface area contributed by atoms with Crippen molar-refractivity contribution >= 4 is 12.3 Å². The van der Waals surface area contributed by atoms with Gasteiger partial charge in [-0.2, -0.15) is 13.2 Å². The fourth-order valence-electron chi connectivity index (χ4n) is 1.08. The number of rotatable bonds is 2. The van der Waals surface area contributed by atoms with E-state index in [1.165, 1.54) is 0 Å². The molecule has 0 unspecified atom stereocenters. The first-order valence-electron chi connectivity index (χ1n) is 3.86. The smallest absolute Gasteiger partial charge is 0.419 e. The van der Waals surface area contributed by atoms with Crippen LogP contribution in [0.2, 0.25) is 0 Å². The van der Waals surface area contributed by atoms with Crippen LogP contribution in [0, 0.1) is 5.82 Å². The van der Waals surface area contributed by atoms with Gasteiger partial charge in [0.15, 0.2) is 0 Å². The van der Waals surface area contributed by atoms with Crippen molar-refractivity contribution in [2.45, 2.75) is 6.18 Å². The van der Waals surface area contributed by atoms with Crippen molar-refractivity contribution in [2.75, 3.05) is 0 Å². The van der Waals surface area contributed by atoms with E-state index in [1.54, 1.807) is 0 Å². The number of carboxylic acids is 1. The quantitative estimate of drug-likeness (QED) is 0.633. The van der Waals surface area contributed by atoms with Gasteiger partial charge in [0.25, 0.3) is 0 Å². The second kappa shape index (κ2) is 3.92. The molecule has 0 aliphatic carbocycles. The molecule has 86 valence electrons.